The zero-order valence-corrected chi connectivity index (χ0v) is 15.2. The van der Waals surface area contributed by atoms with E-state index in [1.807, 2.05) is 0 Å². The molecular weight excluding hydrogens is 376 g/mol. The third kappa shape index (κ3) is 3.62. The van der Waals surface area contributed by atoms with E-state index >= 15 is 0 Å². The topological polar surface area (TPSA) is 131 Å². The number of methoxy groups -OCH3 is 1. The van der Waals surface area contributed by atoms with Crippen LogP contribution in [0, 0.1) is 10.1 Å². The fourth-order valence-electron chi connectivity index (χ4n) is 2.65. The van der Waals surface area contributed by atoms with E-state index < -0.39 is 14.9 Å². The molecule has 11 heteroatoms. The van der Waals surface area contributed by atoms with Gasteiger partial charge in [0.25, 0.3) is 15.7 Å². The summed E-state index contributed by atoms with van der Waals surface area (Å²) in [5.74, 6) is -0.0157. The van der Waals surface area contributed by atoms with Gasteiger partial charge in [0, 0.05) is 37.1 Å². The number of rotatable bonds is 5. The Morgan fingerprint density at radius 2 is 2.00 bits per heavy atom. The molecule has 0 unspecified atom stereocenters. The number of ether oxygens (including phenoxy) is 1. The zero-order valence-electron chi connectivity index (χ0n) is 14.4. The van der Waals surface area contributed by atoms with Gasteiger partial charge in [-0.05, 0) is 29.8 Å². The van der Waals surface area contributed by atoms with E-state index in [2.05, 4.69) is 10.0 Å². The third-order valence-corrected chi connectivity index (χ3v) is 5.40. The number of hydrogen-bond acceptors (Lipinski definition) is 6. The maximum Gasteiger partial charge on any atom is 0.321 e. The second-order valence-electron chi connectivity index (χ2n) is 5.86. The van der Waals surface area contributed by atoms with Crippen molar-refractivity contribution >= 4 is 33.1 Å². The lowest BCUT2D eigenvalue weighted by Crippen LogP contribution is -2.35. The lowest BCUT2D eigenvalue weighted by Gasteiger charge is -2.26. The summed E-state index contributed by atoms with van der Waals surface area (Å²) >= 11 is 0. The van der Waals surface area contributed by atoms with Crippen molar-refractivity contribution < 1.29 is 22.9 Å². The quantitative estimate of drug-likeness (QED) is 0.593. The van der Waals surface area contributed by atoms with Gasteiger partial charge in [0.2, 0.25) is 0 Å². The minimum absolute atomic E-state index is 0.0157. The van der Waals surface area contributed by atoms with Crippen LogP contribution < -0.4 is 14.8 Å². The summed E-state index contributed by atoms with van der Waals surface area (Å²) in [4.78, 5) is 23.0. The number of carbonyl (C=O) groups is 1. The van der Waals surface area contributed by atoms with Crippen LogP contribution in [0.3, 0.4) is 0 Å². The molecular formula is C16H16N4O6S. The summed E-state index contributed by atoms with van der Waals surface area (Å²) in [5, 5.41) is 13.7. The van der Waals surface area contributed by atoms with E-state index in [1.165, 1.54) is 24.1 Å². The molecule has 1 aliphatic rings. The Hall–Kier alpha value is -3.34. The summed E-state index contributed by atoms with van der Waals surface area (Å²) in [5.41, 5.74) is 1.20. The first-order chi connectivity index (χ1) is 12.7. The SMILES string of the molecule is COc1ccc([N+](=O)[O-])cc1S(=O)(=O)Nc1ccc2c(c1)CN(C)C(=O)N2. The number of carbonyl (C=O) groups excluding carboxylic acids is 1. The standard InChI is InChI=1S/C16H16N4O6S/c1-19-9-10-7-11(3-5-13(10)17-16(19)21)18-27(24,25)15-8-12(20(22)23)4-6-14(15)26-2/h3-8,18H,9H2,1-2H3,(H,17,21). The molecule has 2 aromatic carbocycles. The second kappa shape index (κ2) is 6.76. The van der Waals surface area contributed by atoms with E-state index in [0.29, 0.717) is 12.2 Å². The summed E-state index contributed by atoms with van der Waals surface area (Å²) < 4.78 is 32.9. The molecule has 2 amide bonds. The smallest absolute Gasteiger partial charge is 0.321 e. The minimum Gasteiger partial charge on any atom is -0.495 e. The van der Waals surface area contributed by atoms with Crippen LogP contribution in [0.4, 0.5) is 21.9 Å². The molecule has 0 fully saturated rings. The number of non-ortho nitro benzene ring substituents is 1. The van der Waals surface area contributed by atoms with Crippen molar-refractivity contribution in [1.82, 2.24) is 4.90 Å². The van der Waals surface area contributed by atoms with Crippen LogP contribution in [-0.4, -0.2) is 38.4 Å². The minimum atomic E-state index is -4.14. The van der Waals surface area contributed by atoms with Gasteiger partial charge in [-0.15, -0.1) is 0 Å². The van der Waals surface area contributed by atoms with Crippen molar-refractivity contribution in [2.24, 2.45) is 0 Å². The fraction of sp³-hybridized carbons (Fsp3) is 0.188. The van der Waals surface area contributed by atoms with Crippen LogP contribution in [0.5, 0.6) is 5.75 Å². The first-order valence-electron chi connectivity index (χ1n) is 7.71. The Labute approximate surface area is 154 Å². The van der Waals surface area contributed by atoms with Gasteiger partial charge in [0.05, 0.1) is 12.0 Å². The second-order valence-corrected chi connectivity index (χ2v) is 7.51. The maximum absolute atomic E-state index is 12.7. The van der Waals surface area contributed by atoms with Gasteiger partial charge in [0.15, 0.2) is 0 Å². The molecule has 0 saturated heterocycles. The number of sulfonamides is 1. The zero-order chi connectivity index (χ0) is 19.8. The van der Waals surface area contributed by atoms with Crippen molar-refractivity contribution in [3.8, 4) is 5.75 Å². The average Bonchev–Trinajstić information content (AvgIpc) is 2.62. The van der Waals surface area contributed by atoms with Crippen LogP contribution in [0.15, 0.2) is 41.3 Å². The van der Waals surface area contributed by atoms with Gasteiger partial charge >= 0.3 is 6.03 Å². The normalized spacial score (nSPS) is 13.6. The summed E-state index contributed by atoms with van der Waals surface area (Å²) in [6.07, 6.45) is 0. The molecule has 0 aromatic heterocycles. The lowest BCUT2D eigenvalue weighted by atomic mass is 10.1. The van der Waals surface area contributed by atoms with Crippen LogP contribution in [0.2, 0.25) is 0 Å². The van der Waals surface area contributed by atoms with Crippen LogP contribution >= 0.6 is 0 Å². The molecule has 27 heavy (non-hydrogen) atoms. The first-order valence-corrected chi connectivity index (χ1v) is 9.20. The molecule has 1 heterocycles. The molecule has 2 N–H and O–H groups in total. The van der Waals surface area contributed by atoms with Gasteiger partial charge in [-0.1, -0.05) is 0 Å². The van der Waals surface area contributed by atoms with Crippen LogP contribution in [0.25, 0.3) is 0 Å². The molecule has 0 atom stereocenters. The summed E-state index contributed by atoms with van der Waals surface area (Å²) in [7, 11) is -1.25. The largest absolute Gasteiger partial charge is 0.495 e. The number of anilines is 2. The highest BCUT2D eigenvalue weighted by Gasteiger charge is 2.25. The van der Waals surface area contributed by atoms with Crippen molar-refractivity contribution in [3.05, 3.63) is 52.1 Å². The predicted molar refractivity (Wildman–Crippen MR) is 97.4 cm³/mol. The number of nitro groups is 1. The van der Waals surface area contributed by atoms with Crippen molar-refractivity contribution in [1.29, 1.82) is 0 Å². The highest BCUT2D eigenvalue weighted by Crippen LogP contribution is 2.31. The number of amides is 2. The first kappa shape index (κ1) is 18.5. The van der Waals surface area contributed by atoms with E-state index in [0.717, 1.165) is 17.7 Å². The number of nitrogens with zero attached hydrogens (tertiary/aromatic N) is 2. The molecule has 0 aliphatic carbocycles. The van der Waals surface area contributed by atoms with Gasteiger partial charge in [-0.3, -0.25) is 14.8 Å². The van der Waals surface area contributed by atoms with Crippen LogP contribution in [0.1, 0.15) is 5.56 Å². The van der Waals surface area contributed by atoms with Crippen LogP contribution in [-0.2, 0) is 16.6 Å². The van der Waals surface area contributed by atoms with Gasteiger partial charge in [-0.25, -0.2) is 13.2 Å². The summed E-state index contributed by atoms with van der Waals surface area (Å²) in [6, 6.07) is 7.74. The van der Waals surface area contributed by atoms with E-state index in [1.54, 1.807) is 19.2 Å². The number of hydrogen-bond donors (Lipinski definition) is 2. The predicted octanol–water partition coefficient (Wildman–Crippen LogP) is 2.38. The molecule has 0 spiro atoms. The molecule has 0 radical (unpaired) electrons. The van der Waals surface area contributed by atoms with Crippen molar-refractivity contribution in [2.45, 2.75) is 11.4 Å². The molecule has 0 bridgehead atoms. The Bertz CT molecular complexity index is 1040. The third-order valence-electron chi connectivity index (χ3n) is 4.00. The summed E-state index contributed by atoms with van der Waals surface area (Å²) in [6.45, 7) is 0.316. The number of benzene rings is 2. The monoisotopic (exact) mass is 392 g/mol. The van der Waals surface area contributed by atoms with Crippen molar-refractivity contribution in [2.75, 3.05) is 24.2 Å². The van der Waals surface area contributed by atoms with Crippen molar-refractivity contribution in [3.63, 3.8) is 0 Å². The Kier molecular flexibility index (Phi) is 4.62. The van der Waals surface area contributed by atoms with Gasteiger partial charge in [0.1, 0.15) is 10.6 Å². The Morgan fingerprint density at radius 1 is 1.26 bits per heavy atom. The van der Waals surface area contributed by atoms with Gasteiger partial charge in [-0.2, -0.15) is 0 Å². The Morgan fingerprint density at radius 3 is 2.67 bits per heavy atom. The maximum atomic E-state index is 12.7. The number of fused-ring (bicyclic) bond motifs is 1. The number of nitro benzene ring substituents is 1. The molecule has 3 rings (SSSR count). The number of nitrogens with one attached hydrogen (secondary N) is 2. The number of urea groups is 1. The van der Waals surface area contributed by atoms with Gasteiger partial charge < -0.3 is 15.0 Å². The molecule has 142 valence electrons. The lowest BCUT2D eigenvalue weighted by molar-refractivity contribution is -0.385. The highest BCUT2D eigenvalue weighted by atomic mass is 32.2. The highest BCUT2D eigenvalue weighted by molar-refractivity contribution is 7.92. The molecule has 10 nitrogen and oxygen atoms in total. The fourth-order valence-corrected chi connectivity index (χ4v) is 3.89. The average molecular weight is 392 g/mol. The Balaban J connectivity index is 1.96. The van der Waals surface area contributed by atoms with E-state index in [-0.39, 0.29) is 28.1 Å². The molecule has 1 aliphatic heterocycles. The molecule has 2 aromatic rings. The van der Waals surface area contributed by atoms with E-state index in [4.69, 9.17) is 4.74 Å². The van der Waals surface area contributed by atoms with E-state index in [9.17, 15) is 23.3 Å². The molecule has 0 saturated carbocycles.